The lowest BCUT2D eigenvalue weighted by Gasteiger charge is -2.40. The second-order valence-corrected chi connectivity index (χ2v) is 14.4. The first-order valence-electron chi connectivity index (χ1n) is 20.4. The van der Waals surface area contributed by atoms with Crippen LogP contribution in [0.2, 0.25) is 0 Å². The zero-order chi connectivity index (χ0) is 36.0. The summed E-state index contributed by atoms with van der Waals surface area (Å²) in [6, 6.07) is -0.796. The second-order valence-electron chi connectivity index (χ2n) is 14.4. The molecule has 0 bridgehead atoms. The molecule has 0 aromatic rings. The maximum absolute atomic E-state index is 12.9. The molecule has 49 heavy (non-hydrogen) atoms. The summed E-state index contributed by atoms with van der Waals surface area (Å²) in [4.78, 5) is 12.9. The number of allylic oxidation sites excluding steroid dienone is 1. The molecule has 1 heterocycles. The first-order valence-corrected chi connectivity index (χ1v) is 20.4. The number of hydrogen-bond acceptors (Lipinski definition) is 8. The molecule has 9 nitrogen and oxygen atoms in total. The van der Waals surface area contributed by atoms with Crippen molar-refractivity contribution in [2.75, 3.05) is 13.2 Å². The van der Waals surface area contributed by atoms with Crippen LogP contribution in [0.15, 0.2) is 12.2 Å². The third-order valence-electron chi connectivity index (χ3n) is 9.86. The maximum atomic E-state index is 12.9. The number of carbonyl (C=O) groups is 1. The normalized spacial score (nSPS) is 22.5. The van der Waals surface area contributed by atoms with Crippen molar-refractivity contribution in [1.29, 1.82) is 0 Å². The average molecular weight is 700 g/mol. The highest BCUT2D eigenvalue weighted by molar-refractivity contribution is 5.76. The predicted octanol–water partition coefficient (Wildman–Crippen LogP) is 7.39. The minimum atomic E-state index is -1.56. The Labute approximate surface area is 299 Å². The molecule has 1 aliphatic rings. The number of unbranched alkanes of at least 4 members (excludes halogenated alkanes) is 23. The molecular formula is C40H77NO8. The highest BCUT2D eigenvalue weighted by atomic mass is 16.7. The number of amides is 1. The quantitative estimate of drug-likeness (QED) is 0.0307. The number of rotatable bonds is 33. The summed E-state index contributed by atoms with van der Waals surface area (Å²) in [5.74, 6) is -0.178. The highest BCUT2D eigenvalue weighted by Crippen LogP contribution is 2.22. The van der Waals surface area contributed by atoms with Crippen molar-refractivity contribution >= 4 is 5.91 Å². The molecule has 0 aromatic carbocycles. The van der Waals surface area contributed by atoms with Crippen molar-refractivity contribution in [1.82, 2.24) is 5.32 Å². The Balaban J connectivity index is 2.38. The summed E-state index contributed by atoms with van der Waals surface area (Å²) in [6.07, 6.45) is 26.8. The standard InChI is InChI=1S/C40H77NO8/c1-3-5-7-9-11-13-15-16-17-18-19-20-22-24-26-28-30-36(44)41-33(32-48-40-39(47)38(46)37(45)35(31-42)49-40)34(43)29-27-25-23-21-14-12-10-8-6-4-2/h27,29,33-35,37-40,42-43,45-47H,3-26,28,30-32H2,1-2H3,(H,41,44)/b29-27+/t33-,34+,35+,37-,38?,39?,40+/m0/s1. The Morgan fingerprint density at radius 2 is 1.12 bits per heavy atom. The van der Waals surface area contributed by atoms with E-state index >= 15 is 0 Å². The van der Waals surface area contributed by atoms with Gasteiger partial charge in [-0.1, -0.05) is 167 Å². The molecule has 1 amide bonds. The zero-order valence-electron chi connectivity index (χ0n) is 31.5. The fourth-order valence-electron chi connectivity index (χ4n) is 6.51. The van der Waals surface area contributed by atoms with Gasteiger partial charge in [-0.2, -0.15) is 0 Å². The van der Waals surface area contributed by atoms with Crippen molar-refractivity contribution < 1.29 is 39.8 Å². The van der Waals surface area contributed by atoms with Crippen LogP contribution in [0.1, 0.15) is 181 Å². The summed E-state index contributed by atoms with van der Waals surface area (Å²) >= 11 is 0. The van der Waals surface area contributed by atoms with Crippen LogP contribution < -0.4 is 5.32 Å². The highest BCUT2D eigenvalue weighted by Gasteiger charge is 2.44. The van der Waals surface area contributed by atoms with Gasteiger partial charge in [0.25, 0.3) is 0 Å². The van der Waals surface area contributed by atoms with Crippen LogP contribution in [0.4, 0.5) is 0 Å². The van der Waals surface area contributed by atoms with Crippen LogP contribution in [0.3, 0.4) is 0 Å². The molecule has 6 N–H and O–H groups in total. The number of ether oxygens (including phenoxy) is 2. The van der Waals surface area contributed by atoms with Crippen LogP contribution in [0.25, 0.3) is 0 Å². The lowest BCUT2D eigenvalue weighted by molar-refractivity contribution is -0.302. The van der Waals surface area contributed by atoms with Crippen LogP contribution in [0, 0.1) is 0 Å². The molecule has 1 aliphatic heterocycles. The first kappa shape index (κ1) is 46.0. The SMILES string of the molecule is CCCCCCCCCC/C=C/[C@@H](O)[C@H](CO[C@@H]1O[C@H](CO)[C@H](O)C(O)C1O)NC(=O)CCCCCCCCCCCCCCCCCC. The van der Waals surface area contributed by atoms with E-state index in [1.807, 2.05) is 6.08 Å². The number of aliphatic hydroxyl groups is 5. The van der Waals surface area contributed by atoms with Crippen molar-refractivity contribution in [2.45, 2.75) is 224 Å². The maximum Gasteiger partial charge on any atom is 0.220 e. The van der Waals surface area contributed by atoms with Gasteiger partial charge < -0.3 is 40.3 Å². The number of hydrogen-bond donors (Lipinski definition) is 6. The fraction of sp³-hybridized carbons (Fsp3) is 0.925. The van der Waals surface area contributed by atoms with Gasteiger partial charge in [-0.15, -0.1) is 0 Å². The summed E-state index contributed by atoms with van der Waals surface area (Å²) < 4.78 is 11.2. The second kappa shape index (κ2) is 31.6. The van der Waals surface area contributed by atoms with Gasteiger partial charge in [0.15, 0.2) is 6.29 Å². The minimum Gasteiger partial charge on any atom is -0.394 e. The van der Waals surface area contributed by atoms with E-state index in [1.165, 1.54) is 122 Å². The first-order chi connectivity index (χ1) is 23.8. The molecule has 0 saturated carbocycles. The van der Waals surface area contributed by atoms with Gasteiger partial charge in [0, 0.05) is 6.42 Å². The monoisotopic (exact) mass is 700 g/mol. The van der Waals surface area contributed by atoms with Gasteiger partial charge in [-0.3, -0.25) is 4.79 Å². The van der Waals surface area contributed by atoms with E-state index in [0.29, 0.717) is 6.42 Å². The van der Waals surface area contributed by atoms with E-state index in [-0.39, 0.29) is 12.5 Å². The molecular weight excluding hydrogens is 622 g/mol. The molecule has 0 aliphatic carbocycles. The third-order valence-corrected chi connectivity index (χ3v) is 9.86. The van der Waals surface area contributed by atoms with E-state index in [4.69, 9.17) is 9.47 Å². The number of nitrogens with one attached hydrogen (secondary N) is 1. The Morgan fingerprint density at radius 3 is 1.59 bits per heavy atom. The van der Waals surface area contributed by atoms with Gasteiger partial charge in [-0.05, 0) is 19.3 Å². The molecule has 1 rings (SSSR count). The van der Waals surface area contributed by atoms with E-state index < -0.39 is 49.5 Å². The smallest absolute Gasteiger partial charge is 0.220 e. The van der Waals surface area contributed by atoms with E-state index in [1.54, 1.807) is 6.08 Å². The lowest BCUT2D eigenvalue weighted by atomic mass is 9.99. The van der Waals surface area contributed by atoms with E-state index in [0.717, 1.165) is 38.5 Å². The van der Waals surface area contributed by atoms with Crippen molar-refractivity contribution in [3.8, 4) is 0 Å². The van der Waals surface area contributed by atoms with Gasteiger partial charge in [0.2, 0.25) is 5.91 Å². The minimum absolute atomic E-state index is 0.178. The average Bonchev–Trinajstić information content (AvgIpc) is 3.10. The van der Waals surface area contributed by atoms with Gasteiger partial charge in [0.1, 0.15) is 24.4 Å². The molecule has 1 saturated heterocycles. The van der Waals surface area contributed by atoms with Gasteiger partial charge in [0.05, 0.1) is 25.4 Å². The molecule has 7 atom stereocenters. The lowest BCUT2D eigenvalue weighted by Crippen LogP contribution is -2.60. The summed E-state index contributed by atoms with van der Waals surface area (Å²) in [7, 11) is 0. The molecule has 0 radical (unpaired) electrons. The van der Waals surface area contributed by atoms with E-state index in [2.05, 4.69) is 19.2 Å². The Hall–Kier alpha value is -1.07. The summed E-state index contributed by atoms with van der Waals surface area (Å²) in [5, 5.41) is 53.9. The van der Waals surface area contributed by atoms with E-state index in [9.17, 15) is 30.3 Å². The number of carbonyl (C=O) groups excluding carboxylic acids is 1. The third kappa shape index (κ3) is 23.2. The Bertz CT molecular complexity index is 781. The topological polar surface area (TPSA) is 149 Å². The Morgan fingerprint density at radius 1 is 0.673 bits per heavy atom. The van der Waals surface area contributed by atoms with Gasteiger partial charge in [-0.25, -0.2) is 0 Å². The van der Waals surface area contributed by atoms with Crippen molar-refractivity contribution in [3.63, 3.8) is 0 Å². The summed E-state index contributed by atoms with van der Waals surface area (Å²) in [6.45, 7) is 3.74. The molecule has 0 spiro atoms. The fourth-order valence-corrected chi connectivity index (χ4v) is 6.51. The van der Waals surface area contributed by atoms with Crippen LogP contribution in [-0.2, 0) is 14.3 Å². The van der Waals surface area contributed by atoms with Crippen molar-refractivity contribution in [2.24, 2.45) is 0 Å². The summed E-state index contributed by atoms with van der Waals surface area (Å²) in [5.41, 5.74) is 0. The van der Waals surface area contributed by atoms with Crippen molar-refractivity contribution in [3.05, 3.63) is 12.2 Å². The molecule has 9 heteroatoms. The Kier molecular flexibility index (Phi) is 29.7. The predicted molar refractivity (Wildman–Crippen MR) is 198 cm³/mol. The van der Waals surface area contributed by atoms with Crippen LogP contribution in [0.5, 0.6) is 0 Å². The molecule has 1 fully saturated rings. The molecule has 2 unspecified atom stereocenters. The largest absolute Gasteiger partial charge is 0.394 e. The molecule has 0 aromatic heterocycles. The van der Waals surface area contributed by atoms with Crippen LogP contribution in [-0.4, -0.2) is 87.5 Å². The van der Waals surface area contributed by atoms with Crippen LogP contribution >= 0.6 is 0 Å². The molecule has 290 valence electrons. The number of aliphatic hydroxyl groups excluding tert-OH is 5. The zero-order valence-corrected chi connectivity index (χ0v) is 31.5. The van der Waals surface area contributed by atoms with Gasteiger partial charge >= 0.3 is 0 Å².